The summed E-state index contributed by atoms with van der Waals surface area (Å²) in [5.41, 5.74) is 1.19. The first-order valence-corrected chi connectivity index (χ1v) is 9.83. The number of non-ortho nitro benzene ring substituents is 1. The first kappa shape index (κ1) is 16.9. The summed E-state index contributed by atoms with van der Waals surface area (Å²) in [7, 11) is -3.81. The average Bonchev–Trinajstić information content (AvgIpc) is 3.06. The van der Waals surface area contributed by atoms with Gasteiger partial charge in [0.25, 0.3) is 5.69 Å². The Hall–Kier alpha value is -1.90. The minimum atomic E-state index is -3.81. The summed E-state index contributed by atoms with van der Waals surface area (Å²) in [5, 5.41) is 10.7. The third kappa shape index (κ3) is 3.04. The van der Waals surface area contributed by atoms with Crippen molar-refractivity contribution in [1.82, 2.24) is 4.31 Å². The summed E-state index contributed by atoms with van der Waals surface area (Å²) < 4.78 is 27.6. The molecule has 1 aliphatic rings. The molecule has 0 amide bonds. The van der Waals surface area contributed by atoms with E-state index in [4.69, 9.17) is 0 Å². The molecule has 24 heavy (non-hydrogen) atoms. The largest absolute Gasteiger partial charge is 0.270 e. The number of benzene rings is 2. The van der Waals surface area contributed by atoms with Crippen molar-refractivity contribution in [1.29, 1.82) is 0 Å². The third-order valence-corrected chi connectivity index (χ3v) is 7.30. The number of hydrogen-bond acceptors (Lipinski definition) is 5. The predicted octanol–water partition coefficient (Wildman–Crippen LogP) is 3.34. The maximum Gasteiger partial charge on any atom is 0.270 e. The molecule has 8 heteroatoms. The Balaban J connectivity index is 2.04. The van der Waals surface area contributed by atoms with Gasteiger partial charge in [-0.25, -0.2) is 8.42 Å². The molecule has 3 rings (SSSR count). The quantitative estimate of drug-likeness (QED) is 0.614. The van der Waals surface area contributed by atoms with E-state index in [1.54, 1.807) is 18.7 Å². The van der Waals surface area contributed by atoms with Gasteiger partial charge in [0.15, 0.2) is 0 Å². The van der Waals surface area contributed by atoms with Gasteiger partial charge in [0.05, 0.1) is 15.2 Å². The molecule has 2 aromatic carbocycles. The van der Waals surface area contributed by atoms with Gasteiger partial charge in [-0.15, -0.1) is 11.8 Å². The Morgan fingerprint density at radius 1 is 1.21 bits per heavy atom. The topological polar surface area (TPSA) is 80.5 Å². The van der Waals surface area contributed by atoms with E-state index in [1.165, 1.54) is 16.4 Å². The highest BCUT2D eigenvalue weighted by Gasteiger charge is 2.38. The molecule has 0 saturated carbocycles. The van der Waals surface area contributed by atoms with Gasteiger partial charge >= 0.3 is 0 Å². The maximum absolute atomic E-state index is 13.1. The summed E-state index contributed by atoms with van der Waals surface area (Å²) in [6.45, 7) is 2.03. The molecule has 0 aliphatic carbocycles. The lowest BCUT2D eigenvalue weighted by atomic mass is 10.2. The van der Waals surface area contributed by atoms with Crippen molar-refractivity contribution in [3.8, 4) is 0 Å². The molecule has 6 nitrogen and oxygen atoms in total. The maximum atomic E-state index is 13.1. The average molecular weight is 364 g/mol. The molecule has 1 aliphatic heterocycles. The molecule has 1 fully saturated rings. The molecule has 1 heterocycles. The molecule has 0 radical (unpaired) electrons. The highest BCUT2D eigenvalue weighted by atomic mass is 32.2. The lowest BCUT2D eigenvalue weighted by Crippen LogP contribution is -2.31. The van der Waals surface area contributed by atoms with Crippen LogP contribution in [-0.4, -0.2) is 29.9 Å². The fourth-order valence-corrected chi connectivity index (χ4v) is 6.18. The molecule has 126 valence electrons. The number of nitro groups is 1. The van der Waals surface area contributed by atoms with Crippen molar-refractivity contribution >= 4 is 27.5 Å². The second-order valence-electron chi connectivity index (χ2n) is 5.46. The Morgan fingerprint density at radius 2 is 1.92 bits per heavy atom. The van der Waals surface area contributed by atoms with Crippen molar-refractivity contribution in [2.45, 2.75) is 17.2 Å². The van der Waals surface area contributed by atoms with Crippen molar-refractivity contribution < 1.29 is 13.3 Å². The van der Waals surface area contributed by atoms with Crippen molar-refractivity contribution in [3.63, 3.8) is 0 Å². The van der Waals surface area contributed by atoms with Crippen LogP contribution >= 0.6 is 11.8 Å². The number of rotatable bonds is 4. The first-order valence-electron chi connectivity index (χ1n) is 7.34. The molecule has 1 atom stereocenters. The van der Waals surface area contributed by atoms with E-state index < -0.39 is 14.9 Å². The van der Waals surface area contributed by atoms with E-state index in [9.17, 15) is 18.5 Å². The van der Waals surface area contributed by atoms with Gasteiger partial charge in [-0.2, -0.15) is 4.31 Å². The van der Waals surface area contributed by atoms with Crippen molar-refractivity contribution in [3.05, 3.63) is 69.8 Å². The monoisotopic (exact) mass is 364 g/mol. The Labute approximate surface area is 144 Å². The van der Waals surface area contributed by atoms with Crippen molar-refractivity contribution in [2.24, 2.45) is 0 Å². The molecule has 1 unspecified atom stereocenters. The molecule has 0 aromatic heterocycles. The van der Waals surface area contributed by atoms with E-state index in [-0.39, 0.29) is 16.0 Å². The molecule has 2 aromatic rings. The highest BCUT2D eigenvalue weighted by Crippen LogP contribution is 2.42. The summed E-state index contributed by atoms with van der Waals surface area (Å²) in [6, 6.07) is 13.4. The number of nitrogens with zero attached hydrogens (tertiary/aromatic N) is 2. The van der Waals surface area contributed by atoms with Crippen molar-refractivity contribution in [2.75, 3.05) is 12.3 Å². The lowest BCUT2D eigenvalue weighted by Gasteiger charge is -2.24. The van der Waals surface area contributed by atoms with E-state index in [0.29, 0.717) is 17.9 Å². The van der Waals surface area contributed by atoms with Gasteiger partial charge in [-0.3, -0.25) is 10.1 Å². The van der Waals surface area contributed by atoms with E-state index >= 15 is 0 Å². The van der Waals surface area contributed by atoms with E-state index in [0.717, 1.165) is 11.6 Å². The van der Waals surface area contributed by atoms with E-state index in [1.807, 2.05) is 30.3 Å². The van der Waals surface area contributed by atoms with Crippen LogP contribution in [0.5, 0.6) is 0 Å². The summed E-state index contributed by atoms with van der Waals surface area (Å²) >= 11 is 1.55. The van der Waals surface area contributed by atoms with Crippen LogP contribution in [0, 0.1) is 17.0 Å². The number of thioether (sulfide) groups is 1. The zero-order valence-corrected chi connectivity index (χ0v) is 14.6. The Bertz CT molecular complexity index is 869. The van der Waals surface area contributed by atoms with Crippen LogP contribution in [0.1, 0.15) is 16.5 Å². The van der Waals surface area contributed by atoms with Crippen LogP contribution in [0.25, 0.3) is 0 Å². The van der Waals surface area contributed by atoms with Gasteiger partial charge in [0, 0.05) is 24.4 Å². The summed E-state index contributed by atoms with van der Waals surface area (Å²) in [5.74, 6) is 0.687. The Kier molecular flexibility index (Phi) is 4.62. The molecule has 0 spiro atoms. The SMILES string of the molecule is Cc1ccc([N+](=O)[O-])cc1S(=O)(=O)N1CCSC1c1ccccc1. The molecule has 0 bridgehead atoms. The number of aryl methyl sites for hydroxylation is 1. The fraction of sp³-hybridized carbons (Fsp3) is 0.250. The smallest absolute Gasteiger partial charge is 0.258 e. The second-order valence-corrected chi connectivity index (χ2v) is 8.50. The Morgan fingerprint density at radius 3 is 2.58 bits per heavy atom. The van der Waals surface area contributed by atoms with Gasteiger partial charge in [0.1, 0.15) is 0 Å². The third-order valence-electron chi connectivity index (χ3n) is 3.90. The molecule has 0 N–H and O–H groups in total. The van der Waals surface area contributed by atoms with Gasteiger partial charge < -0.3 is 0 Å². The molecular weight excluding hydrogens is 348 g/mol. The molecule has 1 saturated heterocycles. The molecular formula is C16H16N2O4S2. The minimum Gasteiger partial charge on any atom is -0.258 e. The van der Waals surface area contributed by atoms with Crippen LogP contribution in [-0.2, 0) is 10.0 Å². The van der Waals surface area contributed by atoms with Gasteiger partial charge in [-0.1, -0.05) is 36.4 Å². The predicted molar refractivity (Wildman–Crippen MR) is 93.4 cm³/mol. The van der Waals surface area contributed by atoms with E-state index in [2.05, 4.69) is 0 Å². The normalized spacial score (nSPS) is 18.6. The number of hydrogen-bond donors (Lipinski definition) is 0. The standard InChI is InChI=1S/C16H16N2O4S2/c1-12-7-8-14(18(19)20)11-15(12)24(21,22)17-9-10-23-16(17)13-5-3-2-4-6-13/h2-8,11,16H,9-10H2,1H3. The number of sulfonamides is 1. The van der Waals surface area contributed by atoms with Crippen LogP contribution in [0.4, 0.5) is 5.69 Å². The van der Waals surface area contributed by atoms with Crippen LogP contribution in [0.15, 0.2) is 53.4 Å². The summed E-state index contributed by atoms with van der Waals surface area (Å²) in [6.07, 6.45) is 0. The first-order chi connectivity index (χ1) is 11.4. The van der Waals surface area contributed by atoms with Crippen LogP contribution < -0.4 is 0 Å². The second kappa shape index (κ2) is 6.54. The van der Waals surface area contributed by atoms with Gasteiger partial charge in [0.2, 0.25) is 10.0 Å². The summed E-state index contributed by atoms with van der Waals surface area (Å²) in [4.78, 5) is 10.4. The lowest BCUT2D eigenvalue weighted by molar-refractivity contribution is -0.385. The number of nitro benzene ring substituents is 1. The fourth-order valence-electron chi connectivity index (χ4n) is 2.69. The van der Waals surface area contributed by atoms with Crippen LogP contribution in [0.3, 0.4) is 0 Å². The van der Waals surface area contributed by atoms with Crippen LogP contribution in [0.2, 0.25) is 0 Å². The highest BCUT2D eigenvalue weighted by molar-refractivity contribution is 8.01. The minimum absolute atomic E-state index is 0.000121. The zero-order valence-electron chi connectivity index (χ0n) is 13.0. The zero-order chi connectivity index (χ0) is 17.3. The van der Waals surface area contributed by atoms with Gasteiger partial charge in [-0.05, 0) is 18.1 Å².